The first-order chi connectivity index (χ1) is 14.5. The molecule has 162 valence electrons. The van der Waals surface area contributed by atoms with Crippen LogP contribution in [0.25, 0.3) is 0 Å². The average molecular weight is 435 g/mol. The molecule has 1 aliphatic carbocycles. The minimum Gasteiger partial charge on any atom is -0.487 e. The zero-order valence-corrected chi connectivity index (χ0v) is 17.5. The second-order valence-electron chi connectivity index (χ2n) is 7.43. The van der Waals surface area contributed by atoms with E-state index in [1.807, 2.05) is 17.6 Å². The predicted octanol–water partition coefficient (Wildman–Crippen LogP) is 2.28. The first-order valence-electron chi connectivity index (χ1n) is 9.76. The zero-order valence-electron chi connectivity index (χ0n) is 16.7. The van der Waals surface area contributed by atoms with Gasteiger partial charge < -0.3 is 19.7 Å². The number of esters is 1. The van der Waals surface area contributed by atoms with Gasteiger partial charge in [-0.15, -0.1) is 11.3 Å². The van der Waals surface area contributed by atoms with Gasteiger partial charge in [-0.05, 0) is 36.8 Å². The molecule has 0 amide bonds. The number of carbonyl (C=O) groups is 2. The fraction of sp³-hybridized carbons (Fsp3) is 0.476. The summed E-state index contributed by atoms with van der Waals surface area (Å²) in [5, 5.41) is 20.7. The second-order valence-corrected chi connectivity index (χ2v) is 8.41. The summed E-state index contributed by atoms with van der Waals surface area (Å²) >= 11 is 1.68. The van der Waals surface area contributed by atoms with Crippen molar-refractivity contribution in [1.29, 1.82) is 0 Å². The number of benzene rings is 1. The fourth-order valence-electron chi connectivity index (χ4n) is 4.28. The lowest BCUT2D eigenvalue weighted by Crippen LogP contribution is -2.42. The van der Waals surface area contributed by atoms with Crippen molar-refractivity contribution in [1.82, 2.24) is 9.88 Å². The predicted molar refractivity (Wildman–Crippen MR) is 111 cm³/mol. The Kier molecular flexibility index (Phi) is 7.78. The van der Waals surface area contributed by atoms with Crippen LogP contribution in [0, 0.1) is 11.8 Å². The highest BCUT2D eigenvalue weighted by atomic mass is 32.1. The van der Waals surface area contributed by atoms with E-state index in [4.69, 9.17) is 19.4 Å². The lowest BCUT2D eigenvalue weighted by Gasteiger charge is -2.35. The number of hydrogen-bond donors (Lipinski definition) is 2. The molecule has 4 rings (SSSR count). The summed E-state index contributed by atoms with van der Waals surface area (Å²) in [6, 6.07) is 7.05. The van der Waals surface area contributed by atoms with Gasteiger partial charge in [0, 0.05) is 24.7 Å². The monoisotopic (exact) mass is 434 g/mol. The van der Waals surface area contributed by atoms with Crippen molar-refractivity contribution >= 4 is 23.8 Å². The van der Waals surface area contributed by atoms with Gasteiger partial charge in [-0.25, -0.2) is 9.78 Å². The van der Waals surface area contributed by atoms with E-state index in [0.29, 0.717) is 23.1 Å². The number of fused-ring (bicyclic) bond motifs is 1. The molecule has 1 saturated heterocycles. The summed E-state index contributed by atoms with van der Waals surface area (Å²) in [5.41, 5.74) is 0.395. The number of rotatable bonds is 5. The lowest BCUT2D eigenvalue weighted by atomic mass is 9.78. The summed E-state index contributed by atoms with van der Waals surface area (Å²) in [6.07, 6.45) is 2.52. The number of carboxylic acid groups (broad SMARTS) is 1. The van der Waals surface area contributed by atoms with Crippen molar-refractivity contribution in [2.24, 2.45) is 11.8 Å². The fourth-order valence-corrected chi connectivity index (χ4v) is 4.93. The summed E-state index contributed by atoms with van der Waals surface area (Å²) in [4.78, 5) is 27.1. The van der Waals surface area contributed by atoms with Crippen molar-refractivity contribution in [3.8, 4) is 5.75 Å². The number of carbonyl (C=O) groups excluding carboxylic acids is 1. The average Bonchev–Trinajstić information content (AvgIpc) is 3.38. The van der Waals surface area contributed by atoms with Crippen LogP contribution in [0.4, 0.5) is 0 Å². The maximum absolute atomic E-state index is 12.0. The van der Waals surface area contributed by atoms with E-state index < -0.39 is 12.1 Å². The third kappa shape index (κ3) is 5.35. The Balaban J connectivity index is 0.000000806. The summed E-state index contributed by atoms with van der Waals surface area (Å²) in [6.45, 7) is 2.61. The molecule has 1 aliphatic heterocycles. The second kappa shape index (κ2) is 10.5. The molecule has 9 heteroatoms. The van der Waals surface area contributed by atoms with Crippen LogP contribution >= 0.6 is 11.3 Å². The number of thiazole rings is 1. The standard InChI is InChI=1S/C20H24N2O4S.CH2O2/c1-25-20(24)15-4-2-3-5-17(15)26-18-9-14-11-22(10-13(14)8-16(18)23)12-19-21-6-7-27-19;2-1-3/h2-7,13-14,16,18,23H,8-12H2,1H3;1H,(H,2,3)/t13-,14+,16+,18+;/m0./s1. The van der Waals surface area contributed by atoms with Crippen molar-refractivity contribution < 1.29 is 29.3 Å². The smallest absolute Gasteiger partial charge is 0.341 e. The van der Waals surface area contributed by atoms with E-state index >= 15 is 0 Å². The molecule has 0 radical (unpaired) electrons. The third-order valence-electron chi connectivity index (χ3n) is 5.57. The van der Waals surface area contributed by atoms with Crippen LogP contribution in [-0.2, 0) is 16.1 Å². The summed E-state index contributed by atoms with van der Waals surface area (Å²) in [5.74, 6) is 1.02. The van der Waals surface area contributed by atoms with Crippen molar-refractivity contribution in [3.05, 3.63) is 46.4 Å². The number of aromatic nitrogens is 1. The van der Waals surface area contributed by atoms with Crippen LogP contribution < -0.4 is 4.74 Å². The van der Waals surface area contributed by atoms with Crippen molar-refractivity contribution in [2.75, 3.05) is 20.2 Å². The Labute approximate surface area is 179 Å². The molecule has 0 unspecified atom stereocenters. The van der Waals surface area contributed by atoms with Gasteiger partial charge in [-0.3, -0.25) is 9.69 Å². The van der Waals surface area contributed by atoms with Crippen LogP contribution in [-0.4, -0.2) is 64.9 Å². The number of likely N-dealkylation sites (tertiary alicyclic amines) is 1. The van der Waals surface area contributed by atoms with E-state index in [1.54, 1.807) is 29.5 Å². The van der Waals surface area contributed by atoms with E-state index in [-0.39, 0.29) is 12.6 Å². The molecule has 1 aromatic heterocycles. The highest BCUT2D eigenvalue weighted by Gasteiger charge is 2.43. The molecule has 2 heterocycles. The van der Waals surface area contributed by atoms with Crippen LogP contribution in [0.2, 0.25) is 0 Å². The molecular formula is C21H26N2O6S. The zero-order chi connectivity index (χ0) is 21.5. The molecule has 4 atom stereocenters. The normalized spacial score (nSPS) is 25.5. The van der Waals surface area contributed by atoms with E-state index in [1.165, 1.54) is 7.11 Å². The molecule has 2 N–H and O–H groups in total. The van der Waals surface area contributed by atoms with E-state index in [0.717, 1.165) is 37.5 Å². The summed E-state index contributed by atoms with van der Waals surface area (Å²) < 4.78 is 10.9. The molecule has 8 nitrogen and oxygen atoms in total. The van der Waals surface area contributed by atoms with Gasteiger partial charge in [-0.1, -0.05) is 12.1 Å². The van der Waals surface area contributed by atoms with Gasteiger partial charge in [-0.2, -0.15) is 0 Å². The molecule has 2 fully saturated rings. The maximum Gasteiger partial charge on any atom is 0.341 e. The van der Waals surface area contributed by atoms with Gasteiger partial charge in [0.2, 0.25) is 0 Å². The number of hydrogen-bond acceptors (Lipinski definition) is 8. The van der Waals surface area contributed by atoms with Crippen LogP contribution in [0.1, 0.15) is 28.2 Å². The minimum atomic E-state index is -0.531. The topological polar surface area (TPSA) is 109 Å². The number of nitrogens with zero attached hydrogens (tertiary/aromatic N) is 2. The Morgan fingerprint density at radius 1 is 1.30 bits per heavy atom. The molecule has 30 heavy (non-hydrogen) atoms. The van der Waals surface area contributed by atoms with Gasteiger partial charge in [0.15, 0.2) is 0 Å². The molecule has 2 aliphatic rings. The number of aliphatic hydroxyl groups is 1. The van der Waals surface area contributed by atoms with Crippen LogP contribution in [0.5, 0.6) is 5.75 Å². The Hall–Kier alpha value is -2.49. The van der Waals surface area contributed by atoms with Gasteiger partial charge in [0.05, 0.1) is 19.8 Å². The molecule has 0 bridgehead atoms. The molecule has 1 saturated carbocycles. The van der Waals surface area contributed by atoms with E-state index in [2.05, 4.69) is 9.88 Å². The maximum atomic E-state index is 12.0. The molecule has 0 spiro atoms. The Morgan fingerprint density at radius 2 is 2.00 bits per heavy atom. The number of ether oxygens (including phenoxy) is 2. The minimum absolute atomic E-state index is 0.250. The lowest BCUT2D eigenvalue weighted by molar-refractivity contribution is -0.122. The quantitative estimate of drug-likeness (QED) is 0.545. The SMILES string of the molecule is COC(=O)c1ccccc1O[C@@H]1C[C@@H]2CN(Cc3nccs3)C[C@@H]2C[C@H]1O.O=CO. The summed E-state index contributed by atoms with van der Waals surface area (Å²) in [7, 11) is 1.36. The number of para-hydroxylation sites is 1. The van der Waals surface area contributed by atoms with Crippen LogP contribution in [0.3, 0.4) is 0 Å². The number of aliphatic hydroxyl groups excluding tert-OH is 1. The highest BCUT2D eigenvalue weighted by molar-refractivity contribution is 7.09. The largest absolute Gasteiger partial charge is 0.487 e. The number of methoxy groups -OCH3 is 1. The third-order valence-corrected chi connectivity index (χ3v) is 6.34. The molecular weight excluding hydrogens is 408 g/mol. The van der Waals surface area contributed by atoms with E-state index in [9.17, 15) is 9.90 Å². The Bertz CT molecular complexity index is 831. The van der Waals surface area contributed by atoms with Gasteiger partial charge in [0.25, 0.3) is 6.47 Å². The van der Waals surface area contributed by atoms with Crippen molar-refractivity contribution in [3.63, 3.8) is 0 Å². The van der Waals surface area contributed by atoms with Gasteiger partial charge >= 0.3 is 5.97 Å². The molecule has 2 aromatic rings. The first kappa shape index (κ1) is 22.2. The Morgan fingerprint density at radius 3 is 2.67 bits per heavy atom. The molecule has 1 aromatic carbocycles. The highest BCUT2D eigenvalue weighted by Crippen LogP contribution is 2.39. The van der Waals surface area contributed by atoms with Gasteiger partial charge in [0.1, 0.15) is 22.4 Å². The van der Waals surface area contributed by atoms with Crippen molar-refractivity contribution in [2.45, 2.75) is 31.6 Å². The van der Waals surface area contributed by atoms with Crippen LogP contribution in [0.15, 0.2) is 35.8 Å². The first-order valence-corrected chi connectivity index (χ1v) is 10.6.